The van der Waals surface area contributed by atoms with Crippen LogP contribution in [0.15, 0.2) is 45.9 Å². The summed E-state index contributed by atoms with van der Waals surface area (Å²) >= 11 is 0.933. The highest BCUT2D eigenvalue weighted by molar-refractivity contribution is 7.92. The van der Waals surface area contributed by atoms with Gasteiger partial charge >= 0.3 is 0 Å². The quantitative estimate of drug-likeness (QED) is 0.754. The SMILES string of the molecule is O=C(CS(=O)(=O)c1cccc2nsnc12)NCc1ccco1. The summed E-state index contributed by atoms with van der Waals surface area (Å²) in [7, 11) is -3.79. The molecule has 22 heavy (non-hydrogen) atoms. The molecule has 0 aliphatic carbocycles. The number of furan rings is 1. The van der Waals surface area contributed by atoms with Crippen molar-refractivity contribution in [1.29, 1.82) is 0 Å². The number of carbonyl (C=O) groups is 1. The molecule has 1 amide bonds. The summed E-state index contributed by atoms with van der Waals surface area (Å²) in [6, 6.07) is 8.07. The third-order valence-electron chi connectivity index (χ3n) is 2.95. The number of sulfone groups is 1. The van der Waals surface area contributed by atoms with Gasteiger partial charge in [0.2, 0.25) is 5.91 Å². The normalized spacial score (nSPS) is 11.6. The number of fused-ring (bicyclic) bond motifs is 1. The average Bonchev–Trinajstić information content (AvgIpc) is 3.15. The van der Waals surface area contributed by atoms with Crippen molar-refractivity contribution in [3.63, 3.8) is 0 Å². The van der Waals surface area contributed by atoms with Crippen molar-refractivity contribution >= 4 is 38.5 Å². The Hall–Kier alpha value is -2.26. The van der Waals surface area contributed by atoms with E-state index < -0.39 is 21.5 Å². The zero-order valence-corrected chi connectivity index (χ0v) is 12.9. The van der Waals surface area contributed by atoms with Crippen LogP contribution in [-0.2, 0) is 21.2 Å². The monoisotopic (exact) mass is 337 g/mol. The zero-order valence-electron chi connectivity index (χ0n) is 11.2. The number of benzene rings is 1. The number of aromatic nitrogens is 2. The summed E-state index contributed by atoms with van der Waals surface area (Å²) in [4.78, 5) is 11.9. The van der Waals surface area contributed by atoms with E-state index in [9.17, 15) is 13.2 Å². The zero-order chi connectivity index (χ0) is 15.6. The number of amides is 1. The Kier molecular flexibility index (Phi) is 3.90. The fourth-order valence-electron chi connectivity index (χ4n) is 1.93. The second-order valence-electron chi connectivity index (χ2n) is 4.50. The van der Waals surface area contributed by atoms with Gasteiger partial charge in [0.1, 0.15) is 22.5 Å². The second kappa shape index (κ2) is 5.85. The van der Waals surface area contributed by atoms with Crippen LogP contribution < -0.4 is 5.32 Å². The van der Waals surface area contributed by atoms with E-state index in [-0.39, 0.29) is 11.4 Å². The first kappa shape index (κ1) is 14.7. The molecular weight excluding hydrogens is 326 g/mol. The standard InChI is InChI=1S/C13H11N3O4S2/c17-12(14-7-9-3-2-6-20-9)8-22(18,19)11-5-1-4-10-13(11)16-21-15-10/h1-6H,7-8H2,(H,14,17). The Bertz CT molecular complexity index is 900. The predicted molar refractivity (Wildman–Crippen MR) is 80.0 cm³/mol. The molecule has 1 N–H and O–H groups in total. The van der Waals surface area contributed by atoms with Gasteiger partial charge in [0.25, 0.3) is 0 Å². The smallest absolute Gasteiger partial charge is 0.235 e. The van der Waals surface area contributed by atoms with Gasteiger partial charge in [0, 0.05) is 0 Å². The number of nitrogens with zero attached hydrogens (tertiary/aromatic N) is 2. The molecular formula is C13H11N3O4S2. The minimum absolute atomic E-state index is 0.0203. The highest BCUT2D eigenvalue weighted by atomic mass is 32.2. The molecule has 114 valence electrons. The topological polar surface area (TPSA) is 102 Å². The van der Waals surface area contributed by atoms with Crippen LogP contribution in [0.4, 0.5) is 0 Å². The van der Waals surface area contributed by atoms with Gasteiger partial charge in [-0.15, -0.1) is 0 Å². The van der Waals surface area contributed by atoms with Crippen LogP contribution in [0.3, 0.4) is 0 Å². The molecule has 0 aliphatic rings. The number of hydrogen-bond acceptors (Lipinski definition) is 7. The van der Waals surface area contributed by atoms with E-state index in [1.807, 2.05) is 0 Å². The molecule has 3 rings (SSSR count). The molecule has 1 aromatic carbocycles. The van der Waals surface area contributed by atoms with E-state index in [2.05, 4.69) is 14.1 Å². The fraction of sp³-hybridized carbons (Fsp3) is 0.154. The Morgan fingerprint density at radius 1 is 1.23 bits per heavy atom. The summed E-state index contributed by atoms with van der Waals surface area (Å²) in [5.41, 5.74) is 0.799. The van der Waals surface area contributed by atoms with Gasteiger partial charge in [-0.2, -0.15) is 8.75 Å². The number of nitrogens with one attached hydrogen (secondary N) is 1. The molecule has 3 aromatic rings. The van der Waals surface area contributed by atoms with Crippen molar-refractivity contribution in [2.24, 2.45) is 0 Å². The number of rotatable bonds is 5. The fourth-order valence-corrected chi connectivity index (χ4v) is 3.87. The van der Waals surface area contributed by atoms with E-state index in [1.54, 1.807) is 24.3 Å². The molecule has 0 atom stereocenters. The van der Waals surface area contributed by atoms with E-state index in [4.69, 9.17) is 4.42 Å². The van der Waals surface area contributed by atoms with Crippen molar-refractivity contribution in [3.8, 4) is 0 Å². The van der Waals surface area contributed by atoms with Gasteiger partial charge in [-0.05, 0) is 24.3 Å². The largest absolute Gasteiger partial charge is 0.467 e. The summed E-state index contributed by atoms with van der Waals surface area (Å²) in [5.74, 6) is -0.696. The van der Waals surface area contributed by atoms with Gasteiger partial charge in [-0.25, -0.2) is 8.42 Å². The first-order chi connectivity index (χ1) is 10.6. The third-order valence-corrected chi connectivity index (χ3v) is 5.13. The van der Waals surface area contributed by atoms with Crippen LogP contribution in [0.25, 0.3) is 11.0 Å². The molecule has 2 aromatic heterocycles. The minimum Gasteiger partial charge on any atom is -0.467 e. The maximum Gasteiger partial charge on any atom is 0.235 e. The molecule has 7 nitrogen and oxygen atoms in total. The summed E-state index contributed by atoms with van der Waals surface area (Å²) < 4.78 is 37.8. The maximum atomic E-state index is 12.4. The lowest BCUT2D eigenvalue weighted by atomic mass is 10.3. The Morgan fingerprint density at radius 2 is 2.09 bits per heavy atom. The van der Waals surface area contributed by atoms with Crippen molar-refractivity contribution in [1.82, 2.24) is 14.1 Å². The van der Waals surface area contributed by atoms with Crippen molar-refractivity contribution in [2.75, 3.05) is 5.75 Å². The molecule has 0 bridgehead atoms. The van der Waals surface area contributed by atoms with E-state index in [0.717, 1.165) is 11.7 Å². The van der Waals surface area contributed by atoms with Gasteiger partial charge < -0.3 is 9.73 Å². The molecule has 0 aliphatic heterocycles. The second-order valence-corrected chi connectivity index (χ2v) is 6.99. The average molecular weight is 337 g/mol. The molecule has 0 radical (unpaired) electrons. The van der Waals surface area contributed by atoms with Crippen molar-refractivity contribution < 1.29 is 17.6 Å². The third kappa shape index (κ3) is 3.00. The summed E-state index contributed by atoms with van der Waals surface area (Å²) in [5, 5.41) is 2.51. The first-order valence-electron chi connectivity index (χ1n) is 6.29. The molecule has 2 heterocycles. The van der Waals surface area contributed by atoms with Gasteiger partial charge in [0.15, 0.2) is 9.84 Å². The minimum atomic E-state index is -3.79. The molecule has 0 saturated heterocycles. The molecule has 0 fully saturated rings. The molecule has 0 spiro atoms. The lowest BCUT2D eigenvalue weighted by Crippen LogP contribution is -2.29. The van der Waals surface area contributed by atoms with Crippen LogP contribution >= 0.6 is 11.7 Å². The summed E-state index contributed by atoms with van der Waals surface area (Å²) in [6.45, 7) is 0.143. The van der Waals surface area contributed by atoms with Crippen LogP contribution in [-0.4, -0.2) is 28.8 Å². The van der Waals surface area contributed by atoms with E-state index in [1.165, 1.54) is 12.3 Å². The predicted octanol–water partition coefficient (Wildman–Crippen LogP) is 1.37. The van der Waals surface area contributed by atoms with E-state index >= 15 is 0 Å². The van der Waals surface area contributed by atoms with Crippen molar-refractivity contribution in [3.05, 3.63) is 42.4 Å². The first-order valence-corrected chi connectivity index (χ1v) is 8.68. The van der Waals surface area contributed by atoms with Gasteiger partial charge in [-0.3, -0.25) is 4.79 Å². The summed E-state index contributed by atoms with van der Waals surface area (Å²) in [6.07, 6.45) is 1.48. The van der Waals surface area contributed by atoms with Crippen molar-refractivity contribution in [2.45, 2.75) is 11.4 Å². The molecule has 0 unspecified atom stereocenters. The van der Waals surface area contributed by atoms with Gasteiger partial charge in [-0.1, -0.05) is 6.07 Å². The van der Waals surface area contributed by atoms with Crippen LogP contribution in [0.2, 0.25) is 0 Å². The van der Waals surface area contributed by atoms with Crippen LogP contribution in [0.5, 0.6) is 0 Å². The van der Waals surface area contributed by atoms with Gasteiger partial charge in [0.05, 0.1) is 29.4 Å². The lowest BCUT2D eigenvalue weighted by Gasteiger charge is -2.05. The Balaban J connectivity index is 1.75. The highest BCUT2D eigenvalue weighted by Gasteiger charge is 2.23. The number of hydrogen-bond donors (Lipinski definition) is 1. The Morgan fingerprint density at radius 3 is 2.86 bits per heavy atom. The van der Waals surface area contributed by atoms with Crippen LogP contribution in [0.1, 0.15) is 5.76 Å². The Labute approximate surface area is 130 Å². The number of carbonyl (C=O) groups excluding carboxylic acids is 1. The lowest BCUT2D eigenvalue weighted by molar-refractivity contribution is -0.118. The maximum absolute atomic E-state index is 12.4. The molecule has 9 heteroatoms. The van der Waals surface area contributed by atoms with Crippen LogP contribution in [0, 0.1) is 0 Å². The highest BCUT2D eigenvalue weighted by Crippen LogP contribution is 2.22. The van der Waals surface area contributed by atoms with E-state index in [0.29, 0.717) is 16.8 Å². The molecule has 0 saturated carbocycles.